The van der Waals surface area contributed by atoms with Crippen molar-refractivity contribution in [3.63, 3.8) is 0 Å². The molecule has 6 nitrogen and oxygen atoms in total. The van der Waals surface area contributed by atoms with Crippen molar-refractivity contribution in [2.75, 3.05) is 13.2 Å². The second-order valence-corrected chi connectivity index (χ2v) is 10.1. The monoisotopic (exact) mass is 517 g/mol. The van der Waals surface area contributed by atoms with Gasteiger partial charge in [-0.1, -0.05) is 80.1 Å². The number of ether oxygens (including phenoxy) is 2. The molecule has 38 heavy (non-hydrogen) atoms. The van der Waals surface area contributed by atoms with E-state index in [1.807, 2.05) is 24.0 Å². The predicted octanol–water partition coefficient (Wildman–Crippen LogP) is 5.83. The number of amides is 1. The van der Waals surface area contributed by atoms with Gasteiger partial charge in [0.2, 0.25) is 0 Å². The number of hydrogen-bond donors (Lipinski definition) is 1. The maximum absolute atomic E-state index is 13.3. The Bertz CT molecular complexity index is 1150. The van der Waals surface area contributed by atoms with Gasteiger partial charge in [-0.25, -0.2) is 4.79 Å². The number of carboxylic acids is 1. The van der Waals surface area contributed by atoms with Gasteiger partial charge in [0.15, 0.2) is 12.7 Å². The molecule has 202 valence electrons. The third kappa shape index (κ3) is 9.34. The zero-order chi connectivity index (χ0) is 27.5. The molecule has 1 N–H and O–H groups in total. The summed E-state index contributed by atoms with van der Waals surface area (Å²) < 4.78 is 11.1. The van der Waals surface area contributed by atoms with Crippen LogP contribution < -0.4 is 4.74 Å². The molecule has 0 fully saturated rings. The number of carbonyl (C=O) groups excluding carboxylic acids is 1. The van der Waals surface area contributed by atoms with Crippen molar-refractivity contribution in [2.24, 2.45) is 5.92 Å². The van der Waals surface area contributed by atoms with Crippen LogP contribution in [0.1, 0.15) is 48.6 Å². The van der Waals surface area contributed by atoms with Crippen LogP contribution in [-0.4, -0.2) is 41.2 Å². The van der Waals surface area contributed by atoms with E-state index in [-0.39, 0.29) is 18.9 Å². The van der Waals surface area contributed by atoms with Crippen molar-refractivity contribution >= 4 is 11.9 Å². The Morgan fingerprint density at radius 1 is 0.789 bits per heavy atom. The number of benzene rings is 3. The molecule has 0 radical (unpaired) electrons. The van der Waals surface area contributed by atoms with Crippen LogP contribution in [0.5, 0.6) is 5.75 Å². The Morgan fingerprint density at radius 2 is 1.29 bits per heavy atom. The molecule has 1 amide bonds. The molecule has 0 bridgehead atoms. The molecule has 0 saturated carbocycles. The summed E-state index contributed by atoms with van der Waals surface area (Å²) in [5.41, 5.74) is 5.43. The van der Waals surface area contributed by atoms with E-state index in [1.165, 1.54) is 11.1 Å². The minimum absolute atomic E-state index is 0.0899. The van der Waals surface area contributed by atoms with Crippen molar-refractivity contribution in [3.8, 4) is 5.75 Å². The number of rotatable bonds is 14. The Balaban J connectivity index is 1.65. The first-order valence-electron chi connectivity index (χ1n) is 13.2. The van der Waals surface area contributed by atoms with E-state index in [0.717, 1.165) is 23.1 Å². The van der Waals surface area contributed by atoms with E-state index in [2.05, 4.69) is 50.2 Å². The van der Waals surface area contributed by atoms with E-state index in [1.54, 1.807) is 31.2 Å². The summed E-state index contributed by atoms with van der Waals surface area (Å²) in [6.07, 6.45) is 0.410. The molecule has 0 aromatic heterocycles. The van der Waals surface area contributed by atoms with Gasteiger partial charge in [0, 0.05) is 26.1 Å². The van der Waals surface area contributed by atoms with Crippen LogP contribution in [0.2, 0.25) is 0 Å². The number of hydrogen-bond acceptors (Lipinski definition) is 4. The smallest absolute Gasteiger partial charge is 0.333 e. The van der Waals surface area contributed by atoms with Crippen molar-refractivity contribution < 1.29 is 24.2 Å². The molecule has 0 aliphatic carbocycles. The molecule has 3 aromatic rings. The van der Waals surface area contributed by atoms with Crippen LogP contribution in [0.3, 0.4) is 0 Å². The Morgan fingerprint density at radius 3 is 1.82 bits per heavy atom. The van der Waals surface area contributed by atoms with E-state index < -0.39 is 12.1 Å². The van der Waals surface area contributed by atoms with Gasteiger partial charge in [-0.15, -0.1) is 0 Å². The number of aryl methyl sites for hydroxylation is 1. The molecule has 0 saturated heterocycles. The van der Waals surface area contributed by atoms with Crippen LogP contribution in [0.25, 0.3) is 0 Å². The molecule has 6 heteroatoms. The first kappa shape index (κ1) is 28.9. The van der Waals surface area contributed by atoms with Gasteiger partial charge >= 0.3 is 5.97 Å². The molecule has 0 aliphatic heterocycles. The van der Waals surface area contributed by atoms with Crippen LogP contribution in [0, 0.1) is 12.8 Å². The minimum atomic E-state index is -0.985. The van der Waals surface area contributed by atoms with Crippen LogP contribution >= 0.6 is 0 Å². The summed E-state index contributed by atoms with van der Waals surface area (Å²) in [5.74, 6) is 0.0536. The van der Waals surface area contributed by atoms with Crippen molar-refractivity contribution in [1.82, 2.24) is 4.90 Å². The average molecular weight is 518 g/mol. The van der Waals surface area contributed by atoms with Crippen LogP contribution in [0.4, 0.5) is 0 Å². The minimum Gasteiger partial charge on any atom is -0.484 e. The standard InChI is InChI=1S/C32H39NO5/c1-5-37-30(32(35)36)19-26-14-16-29(17-15-26)38-22-31(34)33(20-27-8-6-24(4)7-9-27)21-28-12-10-25(11-13-28)18-23(2)3/h6-17,23,30H,5,18-22H2,1-4H3,(H,35,36)/t30-/m0/s1. The van der Waals surface area contributed by atoms with E-state index in [4.69, 9.17) is 9.47 Å². The van der Waals surface area contributed by atoms with Gasteiger partial charge < -0.3 is 19.5 Å². The normalized spacial score (nSPS) is 11.8. The summed E-state index contributed by atoms with van der Waals surface area (Å²) in [4.78, 5) is 26.4. The third-order valence-electron chi connectivity index (χ3n) is 6.24. The lowest BCUT2D eigenvalue weighted by atomic mass is 10.0. The fourth-order valence-electron chi connectivity index (χ4n) is 4.21. The predicted molar refractivity (Wildman–Crippen MR) is 149 cm³/mol. The summed E-state index contributed by atoms with van der Waals surface area (Å²) in [7, 11) is 0. The Labute approximate surface area is 226 Å². The first-order chi connectivity index (χ1) is 18.2. The third-order valence-corrected chi connectivity index (χ3v) is 6.24. The Hall–Kier alpha value is -3.64. The van der Waals surface area contributed by atoms with Gasteiger partial charge in [-0.05, 0) is 60.6 Å². The molecular weight excluding hydrogens is 478 g/mol. The van der Waals surface area contributed by atoms with Crippen molar-refractivity contribution in [3.05, 3.63) is 101 Å². The van der Waals surface area contributed by atoms with E-state index >= 15 is 0 Å². The van der Waals surface area contributed by atoms with Crippen LogP contribution in [-0.2, 0) is 40.3 Å². The number of carbonyl (C=O) groups is 2. The maximum Gasteiger partial charge on any atom is 0.333 e. The molecule has 0 aliphatic rings. The van der Waals surface area contributed by atoms with Gasteiger partial charge in [0.25, 0.3) is 5.91 Å². The van der Waals surface area contributed by atoms with Crippen molar-refractivity contribution in [2.45, 2.75) is 59.7 Å². The molecule has 0 spiro atoms. The summed E-state index contributed by atoms with van der Waals surface area (Å²) in [6, 6.07) is 23.8. The molecule has 3 aromatic carbocycles. The van der Waals surface area contributed by atoms with Gasteiger partial charge in [0.1, 0.15) is 5.75 Å². The topological polar surface area (TPSA) is 76.1 Å². The Kier molecular flexibility index (Phi) is 10.9. The highest BCUT2D eigenvalue weighted by atomic mass is 16.5. The highest BCUT2D eigenvalue weighted by Gasteiger charge is 2.19. The average Bonchev–Trinajstić information content (AvgIpc) is 2.89. The number of aliphatic carboxylic acids is 1. The molecule has 0 heterocycles. The van der Waals surface area contributed by atoms with E-state index in [9.17, 15) is 14.7 Å². The summed E-state index contributed by atoms with van der Waals surface area (Å²) in [5, 5.41) is 9.30. The quantitative estimate of drug-likeness (QED) is 0.291. The zero-order valence-electron chi connectivity index (χ0n) is 22.9. The lowest BCUT2D eigenvalue weighted by Gasteiger charge is -2.23. The van der Waals surface area contributed by atoms with E-state index in [0.29, 0.717) is 31.4 Å². The number of nitrogens with zero attached hydrogens (tertiary/aromatic N) is 1. The fraction of sp³-hybridized carbons (Fsp3) is 0.375. The molecule has 0 unspecified atom stereocenters. The largest absolute Gasteiger partial charge is 0.484 e. The fourth-order valence-corrected chi connectivity index (χ4v) is 4.21. The second-order valence-electron chi connectivity index (χ2n) is 10.1. The highest BCUT2D eigenvalue weighted by molar-refractivity contribution is 5.77. The molecule has 3 rings (SSSR count). The van der Waals surface area contributed by atoms with Crippen molar-refractivity contribution in [1.29, 1.82) is 0 Å². The number of carboxylic acid groups (broad SMARTS) is 1. The molecule has 1 atom stereocenters. The maximum atomic E-state index is 13.3. The van der Waals surface area contributed by atoms with Crippen LogP contribution in [0.15, 0.2) is 72.8 Å². The SMILES string of the molecule is CCO[C@@H](Cc1ccc(OCC(=O)N(Cc2ccc(C)cc2)Cc2ccc(CC(C)C)cc2)cc1)C(=O)O. The first-order valence-corrected chi connectivity index (χ1v) is 13.2. The second kappa shape index (κ2) is 14.3. The highest BCUT2D eigenvalue weighted by Crippen LogP contribution is 2.17. The zero-order valence-corrected chi connectivity index (χ0v) is 22.9. The van der Waals surface area contributed by atoms with Gasteiger partial charge in [-0.2, -0.15) is 0 Å². The lowest BCUT2D eigenvalue weighted by Crippen LogP contribution is -2.34. The molecular formula is C32H39NO5. The summed E-state index contributed by atoms with van der Waals surface area (Å²) >= 11 is 0. The lowest BCUT2D eigenvalue weighted by molar-refractivity contribution is -0.150. The van der Waals surface area contributed by atoms with Gasteiger partial charge in [-0.3, -0.25) is 4.79 Å². The van der Waals surface area contributed by atoms with Gasteiger partial charge in [0.05, 0.1) is 0 Å². The summed E-state index contributed by atoms with van der Waals surface area (Å²) in [6.45, 7) is 9.45.